The van der Waals surface area contributed by atoms with E-state index in [9.17, 15) is 4.79 Å². The van der Waals surface area contributed by atoms with Crippen LogP contribution < -0.4 is 0 Å². The third-order valence-electron chi connectivity index (χ3n) is 3.13. The molecule has 0 radical (unpaired) electrons. The van der Waals surface area contributed by atoms with E-state index < -0.39 is 0 Å². The summed E-state index contributed by atoms with van der Waals surface area (Å²) in [5, 5.41) is 0. The van der Waals surface area contributed by atoms with Crippen LogP contribution in [0.2, 0.25) is 0 Å². The third-order valence-corrected chi connectivity index (χ3v) is 3.13. The van der Waals surface area contributed by atoms with Crippen molar-refractivity contribution in [2.24, 2.45) is 0 Å². The van der Waals surface area contributed by atoms with E-state index >= 15 is 0 Å². The standard InChI is InChI=1S/C18H19NO/c1-15(13-16-9-5-3-6-10-16)18(20)19(2)14-17-11-7-4-8-12-17/h3-13H,14H2,1-2H3. The summed E-state index contributed by atoms with van der Waals surface area (Å²) >= 11 is 0. The molecule has 0 saturated heterocycles. The van der Waals surface area contributed by atoms with Gasteiger partial charge in [-0.2, -0.15) is 0 Å². The van der Waals surface area contributed by atoms with E-state index in [0.717, 1.165) is 16.7 Å². The Morgan fingerprint density at radius 1 is 1.00 bits per heavy atom. The first-order chi connectivity index (χ1) is 9.66. The number of carbonyl (C=O) groups excluding carboxylic acids is 1. The summed E-state index contributed by atoms with van der Waals surface area (Å²) in [6, 6.07) is 19.9. The van der Waals surface area contributed by atoms with Gasteiger partial charge < -0.3 is 4.90 Å². The van der Waals surface area contributed by atoms with Crippen molar-refractivity contribution < 1.29 is 4.79 Å². The van der Waals surface area contributed by atoms with E-state index in [-0.39, 0.29) is 5.91 Å². The normalized spacial score (nSPS) is 11.2. The first-order valence-corrected chi connectivity index (χ1v) is 6.69. The average Bonchev–Trinajstić information content (AvgIpc) is 2.48. The number of amides is 1. The van der Waals surface area contributed by atoms with Gasteiger partial charge in [0.1, 0.15) is 0 Å². The molecule has 0 spiro atoms. The van der Waals surface area contributed by atoms with Gasteiger partial charge in [0, 0.05) is 19.2 Å². The summed E-state index contributed by atoms with van der Waals surface area (Å²) in [6.07, 6.45) is 1.92. The van der Waals surface area contributed by atoms with Crippen LogP contribution in [-0.2, 0) is 11.3 Å². The van der Waals surface area contributed by atoms with Crippen LogP contribution in [0.15, 0.2) is 66.2 Å². The molecule has 0 aliphatic heterocycles. The van der Waals surface area contributed by atoms with Crippen LogP contribution >= 0.6 is 0 Å². The van der Waals surface area contributed by atoms with Crippen molar-refractivity contribution in [2.75, 3.05) is 7.05 Å². The number of benzene rings is 2. The van der Waals surface area contributed by atoms with Crippen LogP contribution in [0.4, 0.5) is 0 Å². The highest BCUT2D eigenvalue weighted by Crippen LogP contribution is 2.10. The van der Waals surface area contributed by atoms with E-state index in [0.29, 0.717) is 6.54 Å². The zero-order valence-corrected chi connectivity index (χ0v) is 11.9. The number of likely N-dealkylation sites (N-methyl/N-ethyl adjacent to an activating group) is 1. The lowest BCUT2D eigenvalue weighted by atomic mass is 10.1. The first-order valence-electron chi connectivity index (χ1n) is 6.69. The highest BCUT2D eigenvalue weighted by Gasteiger charge is 2.11. The Morgan fingerprint density at radius 2 is 1.55 bits per heavy atom. The molecule has 0 fully saturated rings. The monoisotopic (exact) mass is 265 g/mol. The summed E-state index contributed by atoms with van der Waals surface area (Å²) in [7, 11) is 1.83. The van der Waals surface area contributed by atoms with Crippen molar-refractivity contribution in [3.05, 3.63) is 77.4 Å². The molecule has 0 aliphatic carbocycles. The van der Waals surface area contributed by atoms with Crippen LogP contribution in [-0.4, -0.2) is 17.9 Å². The molecule has 2 aromatic carbocycles. The largest absolute Gasteiger partial charge is 0.338 e. The van der Waals surface area contributed by atoms with E-state index in [2.05, 4.69) is 0 Å². The Balaban J connectivity index is 2.05. The van der Waals surface area contributed by atoms with Crippen molar-refractivity contribution in [2.45, 2.75) is 13.5 Å². The van der Waals surface area contributed by atoms with E-state index in [4.69, 9.17) is 0 Å². The van der Waals surface area contributed by atoms with Gasteiger partial charge in [0.25, 0.3) is 0 Å². The molecule has 2 aromatic rings. The van der Waals surface area contributed by atoms with Gasteiger partial charge in [0.05, 0.1) is 0 Å². The molecular weight excluding hydrogens is 246 g/mol. The summed E-state index contributed by atoms with van der Waals surface area (Å²) in [4.78, 5) is 14.0. The zero-order chi connectivity index (χ0) is 14.4. The number of nitrogens with zero attached hydrogens (tertiary/aromatic N) is 1. The molecule has 0 atom stereocenters. The lowest BCUT2D eigenvalue weighted by molar-refractivity contribution is -0.126. The van der Waals surface area contributed by atoms with Gasteiger partial charge in [0.2, 0.25) is 5.91 Å². The lowest BCUT2D eigenvalue weighted by Crippen LogP contribution is -2.26. The predicted molar refractivity (Wildman–Crippen MR) is 83.0 cm³/mol. The van der Waals surface area contributed by atoms with Crippen molar-refractivity contribution in [1.82, 2.24) is 4.90 Å². The second-order valence-electron chi connectivity index (χ2n) is 4.88. The first kappa shape index (κ1) is 14.1. The second kappa shape index (κ2) is 6.71. The van der Waals surface area contributed by atoms with Crippen LogP contribution in [0.5, 0.6) is 0 Å². The van der Waals surface area contributed by atoms with Crippen molar-refractivity contribution in [3.63, 3.8) is 0 Å². The molecule has 20 heavy (non-hydrogen) atoms. The van der Waals surface area contributed by atoms with Gasteiger partial charge >= 0.3 is 0 Å². The minimum absolute atomic E-state index is 0.0534. The number of hydrogen-bond acceptors (Lipinski definition) is 1. The van der Waals surface area contributed by atoms with E-state index in [1.807, 2.05) is 80.7 Å². The number of hydrogen-bond donors (Lipinski definition) is 0. The van der Waals surface area contributed by atoms with Crippen LogP contribution in [0, 0.1) is 0 Å². The quantitative estimate of drug-likeness (QED) is 0.771. The smallest absolute Gasteiger partial charge is 0.249 e. The molecule has 0 N–H and O–H groups in total. The Hall–Kier alpha value is -2.35. The predicted octanol–water partition coefficient (Wildman–Crippen LogP) is 3.75. The van der Waals surface area contributed by atoms with Gasteiger partial charge in [-0.15, -0.1) is 0 Å². The Morgan fingerprint density at radius 3 is 2.15 bits per heavy atom. The molecule has 102 valence electrons. The molecule has 2 rings (SSSR count). The average molecular weight is 265 g/mol. The van der Waals surface area contributed by atoms with Gasteiger partial charge in [0.15, 0.2) is 0 Å². The van der Waals surface area contributed by atoms with E-state index in [1.165, 1.54) is 0 Å². The zero-order valence-electron chi connectivity index (χ0n) is 11.9. The second-order valence-corrected chi connectivity index (χ2v) is 4.88. The molecule has 0 aliphatic rings. The van der Waals surface area contributed by atoms with Gasteiger partial charge in [-0.05, 0) is 24.1 Å². The van der Waals surface area contributed by atoms with Crippen LogP contribution in [0.3, 0.4) is 0 Å². The summed E-state index contributed by atoms with van der Waals surface area (Å²) < 4.78 is 0. The van der Waals surface area contributed by atoms with Gasteiger partial charge in [-0.3, -0.25) is 4.79 Å². The lowest BCUT2D eigenvalue weighted by Gasteiger charge is -2.17. The molecule has 0 aromatic heterocycles. The summed E-state index contributed by atoms with van der Waals surface area (Å²) in [6.45, 7) is 2.48. The van der Waals surface area contributed by atoms with Crippen molar-refractivity contribution in [1.29, 1.82) is 0 Å². The maximum absolute atomic E-state index is 12.3. The van der Waals surface area contributed by atoms with Crippen LogP contribution in [0.1, 0.15) is 18.1 Å². The minimum atomic E-state index is 0.0534. The highest BCUT2D eigenvalue weighted by molar-refractivity contribution is 5.97. The fourth-order valence-electron chi connectivity index (χ4n) is 2.09. The molecule has 0 unspecified atom stereocenters. The van der Waals surface area contributed by atoms with E-state index in [1.54, 1.807) is 4.90 Å². The van der Waals surface area contributed by atoms with Gasteiger partial charge in [-0.1, -0.05) is 60.7 Å². The Kier molecular flexibility index (Phi) is 4.72. The molecule has 0 bridgehead atoms. The van der Waals surface area contributed by atoms with Crippen molar-refractivity contribution >= 4 is 12.0 Å². The molecule has 2 heteroatoms. The number of rotatable bonds is 4. The summed E-state index contributed by atoms with van der Waals surface area (Å²) in [5.74, 6) is 0.0534. The Labute approximate surface area is 120 Å². The highest BCUT2D eigenvalue weighted by atomic mass is 16.2. The third kappa shape index (κ3) is 3.82. The molecule has 0 heterocycles. The van der Waals surface area contributed by atoms with Gasteiger partial charge in [-0.25, -0.2) is 0 Å². The van der Waals surface area contributed by atoms with Crippen LogP contribution in [0.25, 0.3) is 6.08 Å². The fourth-order valence-corrected chi connectivity index (χ4v) is 2.09. The fraction of sp³-hybridized carbons (Fsp3) is 0.167. The molecule has 1 amide bonds. The Bertz CT molecular complexity index is 587. The molecular formula is C18H19NO. The maximum Gasteiger partial charge on any atom is 0.249 e. The topological polar surface area (TPSA) is 20.3 Å². The van der Waals surface area contributed by atoms with Crippen molar-refractivity contribution in [3.8, 4) is 0 Å². The minimum Gasteiger partial charge on any atom is -0.338 e. The SMILES string of the molecule is CC(=Cc1ccccc1)C(=O)N(C)Cc1ccccc1. The number of carbonyl (C=O) groups is 1. The molecule has 2 nitrogen and oxygen atoms in total. The summed E-state index contributed by atoms with van der Waals surface area (Å²) in [5.41, 5.74) is 2.93. The molecule has 0 saturated carbocycles. The maximum atomic E-state index is 12.3.